The van der Waals surface area contributed by atoms with E-state index in [0.717, 1.165) is 12.1 Å². The molecule has 0 radical (unpaired) electrons. The highest BCUT2D eigenvalue weighted by Crippen LogP contribution is 2.32. The Bertz CT molecular complexity index is 455. The zero-order valence-corrected chi connectivity index (χ0v) is 9.49. The molecule has 0 spiro atoms. The maximum absolute atomic E-state index is 12.1. The number of halogens is 3. The van der Waals surface area contributed by atoms with E-state index in [1.165, 1.54) is 13.2 Å². The van der Waals surface area contributed by atoms with Crippen molar-refractivity contribution < 1.29 is 22.6 Å². The van der Waals surface area contributed by atoms with Crippen LogP contribution in [-0.4, -0.2) is 13.5 Å². The summed E-state index contributed by atoms with van der Waals surface area (Å²) in [5.41, 5.74) is 5.97. The minimum absolute atomic E-state index is 0.0359. The van der Waals surface area contributed by atoms with Crippen molar-refractivity contribution in [2.24, 2.45) is 5.73 Å². The number of rotatable bonds is 4. The van der Waals surface area contributed by atoms with Gasteiger partial charge in [0.25, 0.3) is 0 Å². The van der Waals surface area contributed by atoms with E-state index in [0.29, 0.717) is 11.3 Å². The monoisotopic (exact) mass is 260 g/mol. The third-order valence-corrected chi connectivity index (χ3v) is 2.15. The lowest BCUT2D eigenvalue weighted by Gasteiger charge is -2.15. The molecular weight excluding hydrogens is 249 g/mol. The van der Waals surface area contributed by atoms with Crippen molar-refractivity contribution in [3.8, 4) is 17.6 Å². The molecule has 0 aromatic heterocycles. The Morgan fingerprint density at radius 3 is 2.61 bits per heavy atom. The molecule has 98 valence electrons. The highest BCUT2D eigenvalue weighted by atomic mass is 19.4. The second kappa shape index (κ2) is 5.60. The van der Waals surface area contributed by atoms with Crippen LogP contribution in [0.5, 0.6) is 11.5 Å². The number of alkyl halides is 3. The zero-order chi connectivity index (χ0) is 13.8. The van der Waals surface area contributed by atoms with Crippen LogP contribution in [0, 0.1) is 11.3 Å². The van der Waals surface area contributed by atoms with E-state index < -0.39 is 18.2 Å². The summed E-state index contributed by atoms with van der Waals surface area (Å²) >= 11 is 0. The van der Waals surface area contributed by atoms with Crippen LogP contribution in [0.1, 0.15) is 18.0 Å². The lowest BCUT2D eigenvalue weighted by atomic mass is 10.0. The summed E-state index contributed by atoms with van der Waals surface area (Å²) in [6.07, 6.45) is -4.81. The number of hydrogen-bond acceptors (Lipinski definition) is 4. The molecule has 0 saturated carbocycles. The van der Waals surface area contributed by atoms with Crippen LogP contribution in [-0.2, 0) is 0 Å². The van der Waals surface area contributed by atoms with Crippen molar-refractivity contribution in [1.29, 1.82) is 5.26 Å². The third kappa shape index (κ3) is 3.82. The molecule has 1 aromatic rings. The molecule has 4 nitrogen and oxygen atoms in total. The molecule has 1 aromatic carbocycles. The lowest BCUT2D eigenvalue weighted by molar-refractivity contribution is -0.274. The number of hydrogen-bond donors (Lipinski definition) is 1. The van der Waals surface area contributed by atoms with E-state index in [2.05, 4.69) is 4.74 Å². The van der Waals surface area contributed by atoms with E-state index in [4.69, 9.17) is 15.7 Å². The summed E-state index contributed by atoms with van der Waals surface area (Å²) < 4.78 is 45.0. The number of ether oxygens (including phenoxy) is 2. The third-order valence-electron chi connectivity index (χ3n) is 2.15. The molecule has 7 heteroatoms. The first-order valence-corrected chi connectivity index (χ1v) is 4.93. The molecule has 1 atom stereocenters. The standard InChI is InChI=1S/C11H11F3N2O2/c1-17-10-3-2-7(18-11(12,13)14)6-8(10)9(16)4-5-15/h2-3,6,9H,4,16H2,1H3/t9-/m1/s1. The van der Waals surface area contributed by atoms with E-state index >= 15 is 0 Å². The van der Waals surface area contributed by atoms with Crippen LogP contribution in [0.2, 0.25) is 0 Å². The molecule has 0 saturated heterocycles. The summed E-state index contributed by atoms with van der Waals surface area (Å²) in [7, 11) is 1.36. The largest absolute Gasteiger partial charge is 0.573 e. The number of nitriles is 1. The maximum atomic E-state index is 12.1. The number of nitrogens with two attached hydrogens (primary N) is 1. The molecule has 0 aliphatic heterocycles. The topological polar surface area (TPSA) is 68.3 Å². The van der Waals surface area contributed by atoms with Crippen molar-refractivity contribution in [1.82, 2.24) is 0 Å². The van der Waals surface area contributed by atoms with Crippen LogP contribution in [0.25, 0.3) is 0 Å². The Morgan fingerprint density at radius 1 is 1.44 bits per heavy atom. The van der Waals surface area contributed by atoms with Crippen LogP contribution in [0.15, 0.2) is 18.2 Å². The highest BCUT2D eigenvalue weighted by Gasteiger charge is 2.31. The second-order valence-electron chi connectivity index (χ2n) is 3.42. The first kappa shape index (κ1) is 14.1. The van der Waals surface area contributed by atoms with Crippen molar-refractivity contribution in [2.75, 3.05) is 7.11 Å². The van der Waals surface area contributed by atoms with Gasteiger partial charge in [-0.3, -0.25) is 0 Å². The number of nitrogens with zero attached hydrogens (tertiary/aromatic N) is 1. The fraction of sp³-hybridized carbons (Fsp3) is 0.364. The minimum Gasteiger partial charge on any atom is -0.496 e. The second-order valence-corrected chi connectivity index (χ2v) is 3.42. The first-order chi connectivity index (χ1) is 8.37. The Balaban J connectivity index is 3.06. The van der Waals surface area contributed by atoms with Gasteiger partial charge in [0.2, 0.25) is 0 Å². The number of methoxy groups -OCH3 is 1. The lowest BCUT2D eigenvalue weighted by Crippen LogP contribution is -2.18. The van der Waals surface area contributed by atoms with Gasteiger partial charge in [-0.05, 0) is 18.2 Å². The zero-order valence-electron chi connectivity index (χ0n) is 9.49. The van der Waals surface area contributed by atoms with Gasteiger partial charge in [-0.15, -0.1) is 13.2 Å². The molecule has 0 heterocycles. The smallest absolute Gasteiger partial charge is 0.496 e. The van der Waals surface area contributed by atoms with E-state index in [9.17, 15) is 13.2 Å². The fourth-order valence-corrected chi connectivity index (χ4v) is 1.41. The quantitative estimate of drug-likeness (QED) is 0.903. The van der Waals surface area contributed by atoms with Gasteiger partial charge in [-0.1, -0.05) is 0 Å². The van der Waals surface area contributed by atoms with Gasteiger partial charge in [0.05, 0.1) is 19.6 Å². The van der Waals surface area contributed by atoms with Gasteiger partial charge < -0.3 is 15.2 Å². The van der Waals surface area contributed by atoms with E-state index in [1.54, 1.807) is 0 Å². The molecule has 0 fully saturated rings. The van der Waals surface area contributed by atoms with Crippen molar-refractivity contribution in [2.45, 2.75) is 18.8 Å². The molecule has 0 aliphatic rings. The minimum atomic E-state index is -4.77. The van der Waals surface area contributed by atoms with Gasteiger partial charge >= 0.3 is 6.36 Å². The average molecular weight is 260 g/mol. The molecule has 0 amide bonds. The average Bonchev–Trinajstić information content (AvgIpc) is 2.27. The molecule has 2 N–H and O–H groups in total. The van der Waals surface area contributed by atoms with E-state index in [1.807, 2.05) is 6.07 Å². The predicted octanol–water partition coefficient (Wildman–Crippen LogP) is 2.51. The maximum Gasteiger partial charge on any atom is 0.573 e. The molecule has 1 rings (SSSR count). The van der Waals surface area contributed by atoms with Gasteiger partial charge in [-0.25, -0.2) is 0 Å². The van der Waals surface area contributed by atoms with E-state index in [-0.39, 0.29) is 6.42 Å². The Labute approximate surface area is 102 Å². The summed E-state index contributed by atoms with van der Waals surface area (Å²) in [5.74, 6) is -0.0843. The SMILES string of the molecule is COc1ccc(OC(F)(F)F)cc1[C@H](N)CC#N. The van der Waals surface area contributed by atoms with Crippen molar-refractivity contribution in [3.63, 3.8) is 0 Å². The van der Waals surface area contributed by atoms with Crippen LogP contribution in [0.4, 0.5) is 13.2 Å². The Hall–Kier alpha value is -1.94. The van der Waals surface area contributed by atoms with Gasteiger partial charge in [0.1, 0.15) is 11.5 Å². The predicted molar refractivity (Wildman–Crippen MR) is 56.8 cm³/mol. The summed E-state index contributed by atoms with van der Waals surface area (Å²) in [4.78, 5) is 0. The summed E-state index contributed by atoms with van der Waals surface area (Å²) in [6, 6.07) is 4.66. The fourth-order valence-electron chi connectivity index (χ4n) is 1.41. The van der Waals surface area contributed by atoms with Crippen LogP contribution < -0.4 is 15.2 Å². The Morgan fingerprint density at radius 2 is 2.11 bits per heavy atom. The Kier molecular flexibility index (Phi) is 4.39. The summed E-state index contributed by atoms with van der Waals surface area (Å²) in [5, 5.41) is 8.54. The van der Waals surface area contributed by atoms with Crippen LogP contribution in [0.3, 0.4) is 0 Å². The normalized spacial score (nSPS) is 12.7. The van der Waals surface area contributed by atoms with Gasteiger partial charge in [0, 0.05) is 11.6 Å². The number of benzene rings is 1. The molecule has 18 heavy (non-hydrogen) atoms. The van der Waals surface area contributed by atoms with Crippen molar-refractivity contribution >= 4 is 0 Å². The van der Waals surface area contributed by atoms with Gasteiger partial charge in [-0.2, -0.15) is 5.26 Å². The molecule has 0 aliphatic carbocycles. The summed E-state index contributed by atoms with van der Waals surface area (Å²) in [6.45, 7) is 0. The highest BCUT2D eigenvalue weighted by molar-refractivity contribution is 5.42. The van der Waals surface area contributed by atoms with Crippen molar-refractivity contribution in [3.05, 3.63) is 23.8 Å². The molecule has 0 bridgehead atoms. The first-order valence-electron chi connectivity index (χ1n) is 4.93. The molecule has 0 unspecified atom stereocenters. The van der Waals surface area contributed by atoms with Gasteiger partial charge in [0.15, 0.2) is 0 Å². The molecular formula is C11H11F3N2O2. The van der Waals surface area contributed by atoms with Crippen LogP contribution >= 0.6 is 0 Å².